The van der Waals surface area contributed by atoms with Gasteiger partial charge in [0.25, 0.3) is 0 Å². The minimum absolute atomic E-state index is 0.101. The summed E-state index contributed by atoms with van der Waals surface area (Å²) < 4.78 is 6.49. The first-order valence-corrected chi connectivity index (χ1v) is 11.4. The largest absolute Gasteiger partial charge is 0.394 e. The lowest BCUT2D eigenvalue weighted by Gasteiger charge is -2.38. The number of nitrogens with zero attached hydrogens (tertiary/aromatic N) is 1. The molecule has 0 aliphatic carbocycles. The van der Waals surface area contributed by atoms with Crippen LogP contribution >= 0.6 is 11.6 Å². The van der Waals surface area contributed by atoms with E-state index in [0.717, 1.165) is 0 Å². The molecule has 3 heterocycles. The molecule has 6 atom stereocenters. The van der Waals surface area contributed by atoms with E-state index in [-0.39, 0.29) is 24.3 Å². The Morgan fingerprint density at radius 2 is 1.91 bits per heavy atom. The topological polar surface area (TPSA) is 108 Å². The zero-order chi connectivity index (χ0) is 23.4. The van der Waals surface area contributed by atoms with Crippen molar-refractivity contribution in [3.63, 3.8) is 0 Å². The Morgan fingerprint density at radius 1 is 1.25 bits per heavy atom. The lowest BCUT2D eigenvalue weighted by molar-refractivity contribution is -0.149. The summed E-state index contributed by atoms with van der Waals surface area (Å²) in [4.78, 5) is 41.8. The molecule has 3 fully saturated rings. The van der Waals surface area contributed by atoms with Gasteiger partial charge in [-0.3, -0.25) is 14.4 Å². The van der Waals surface area contributed by atoms with Gasteiger partial charge < -0.3 is 25.4 Å². The summed E-state index contributed by atoms with van der Waals surface area (Å²) in [5.74, 6) is -2.56. The zero-order valence-corrected chi connectivity index (χ0v) is 19.5. The number of carbonyl (C=O) groups is 3. The SMILES string of the molecule is CNC(=O)[C@H]1[C@H]2C(=O)N([C@@H](CO)C(C)C)C(C(=O)Nc3ccc(Cl)cc3)C23CC[C@]1(C)O3. The van der Waals surface area contributed by atoms with Crippen LogP contribution in [0.4, 0.5) is 5.69 Å². The molecule has 3 N–H and O–H groups in total. The van der Waals surface area contributed by atoms with Crippen molar-refractivity contribution in [2.45, 2.75) is 56.9 Å². The minimum Gasteiger partial charge on any atom is -0.394 e. The molecule has 32 heavy (non-hydrogen) atoms. The van der Waals surface area contributed by atoms with Crippen molar-refractivity contribution < 1.29 is 24.2 Å². The molecule has 3 aliphatic heterocycles. The quantitative estimate of drug-likeness (QED) is 0.596. The average molecular weight is 464 g/mol. The Balaban J connectivity index is 1.79. The maximum atomic E-state index is 13.8. The van der Waals surface area contributed by atoms with Gasteiger partial charge in [-0.15, -0.1) is 0 Å². The second-order valence-electron chi connectivity index (χ2n) is 9.58. The summed E-state index contributed by atoms with van der Waals surface area (Å²) in [7, 11) is 1.54. The number of amides is 3. The van der Waals surface area contributed by atoms with Crippen molar-refractivity contribution in [1.29, 1.82) is 0 Å². The molecule has 1 aromatic rings. The van der Waals surface area contributed by atoms with Gasteiger partial charge in [-0.1, -0.05) is 25.4 Å². The number of halogens is 1. The van der Waals surface area contributed by atoms with E-state index in [2.05, 4.69) is 10.6 Å². The lowest BCUT2D eigenvalue weighted by Crippen LogP contribution is -2.57. The van der Waals surface area contributed by atoms with Gasteiger partial charge in [0.05, 0.1) is 30.1 Å². The van der Waals surface area contributed by atoms with Crippen molar-refractivity contribution in [2.75, 3.05) is 19.0 Å². The Bertz CT molecular complexity index is 938. The molecule has 8 nitrogen and oxygen atoms in total. The van der Waals surface area contributed by atoms with E-state index in [4.69, 9.17) is 16.3 Å². The summed E-state index contributed by atoms with van der Waals surface area (Å²) in [6.45, 7) is 5.34. The number of hydrogen-bond acceptors (Lipinski definition) is 5. The Morgan fingerprint density at radius 3 is 2.47 bits per heavy atom. The highest BCUT2D eigenvalue weighted by Crippen LogP contribution is 2.63. The standard InChI is InChI=1S/C23H30ClN3O5/c1-12(2)15(11-28)27-18(20(30)26-14-7-5-13(24)6-8-14)23-10-9-22(3,32-23)16(19(29)25-4)17(23)21(27)31/h5-8,12,15-18,28H,9-11H2,1-4H3,(H,25,29)(H,26,30)/t15-,16+,17-,18?,22-,23?/m0/s1. The molecule has 2 unspecified atom stereocenters. The second kappa shape index (κ2) is 8.01. The Hall–Kier alpha value is -2.16. The van der Waals surface area contributed by atoms with Crippen LogP contribution in [0.1, 0.15) is 33.6 Å². The van der Waals surface area contributed by atoms with Crippen molar-refractivity contribution in [2.24, 2.45) is 17.8 Å². The predicted octanol–water partition coefficient (Wildman–Crippen LogP) is 1.81. The van der Waals surface area contributed by atoms with E-state index in [0.29, 0.717) is 23.6 Å². The van der Waals surface area contributed by atoms with Gasteiger partial charge in [-0.25, -0.2) is 0 Å². The molecule has 1 aromatic carbocycles. The molecular weight excluding hydrogens is 434 g/mol. The van der Waals surface area contributed by atoms with Crippen LogP contribution in [0.25, 0.3) is 0 Å². The number of ether oxygens (including phenoxy) is 1. The molecule has 3 aliphatic rings. The summed E-state index contributed by atoms with van der Waals surface area (Å²) >= 11 is 5.96. The molecule has 2 bridgehead atoms. The summed E-state index contributed by atoms with van der Waals surface area (Å²) in [6, 6.07) is 5.16. The fourth-order valence-electron chi connectivity index (χ4n) is 5.94. The van der Waals surface area contributed by atoms with Gasteiger partial charge in [0.2, 0.25) is 17.7 Å². The summed E-state index contributed by atoms with van der Waals surface area (Å²) in [5, 5.41) is 16.2. The fourth-order valence-corrected chi connectivity index (χ4v) is 6.07. The number of anilines is 1. The summed E-state index contributed by atoms with van der Waals surface area (Å²) in [6.07, 6.45) is 1.05. The number of carbonyl (C=O) groups excluding carboxylic acids is 3. The predicted molar refractivity (Wildman–Crippen MR) is 119 cm³/mol. The zero-order valence-electron chi connectivity index (χ0n) is 18.7. The van der Waals surface area contributed by atoms with Crippen LogP contribution in [0.3, 0.4) is 0 Å². The maximum absolute atomic E-state index is 13.8. The number of benzene rings is 1. The number of nitrogens with one attached hydrogen (secondary N) is 2. The number of aliphatic hydroxyl groups is 1. The average Bonchev–Trinajstić information content (AvgIpc) is 3.31. The Kier molecular flexibility index (Phi) is 5.76. The molecule has 9 heteroatoms. The first kappa shape index (κ1) is 23.0. The van der Waals surface area contributed by atoms with Crippen LogP contribution < -0.4 is 10.6 Å². The molecule has 0 saturated carbocycles. The van der Waals surface area contributed by atoms with Crippen LogP contribution in [0.2, 0.25) is 5.02 Å². The third-order valence-corrected chi connectivity index (χ3v) is 7.67. The van der Waals surface area contributed by atoms with Crippen LogP contribution in [0.15, 0.2) is 24.3 Å². The van der Waals surface area contributed by atoms with Crippen molar-refractivity contribution in [3.05, 3.63) is 29.3 Å². The monoisotopic (exact) mass is 463 g/mol. The molecule has 174 valence electrons. The molecule has 3 saturated heterocycles. The molecule has 3 amide bonds. The number of fused-ring (bicyclic) bond motifs is 1. The van der Waals surface area contributed by atoms with E-state index in [1.54, 1.807) is 24.3 Å². The normalized spacial score (nSPS) is 34.0. The minimum atomic E-state index is -1.12. The molecule has 0 radical (unpaired) electrons. The first-order chi connectivity index (χ1) is 15.1. The smallest absolute Gasteiger partial charge is 0.250 e. The van der Waals surface area contributed by atoms with Gasteiger partial charge >= 0.3 is 0 Å². The van der Waals surface area contributed by atoms with Gasteiger partial charge in [-0.2, -0.15) is 0 Å². The fraction of sp³-hybridized carbons (Fsp3) is 0.609. The summed E-state index contributed by atoms with van der Waals surface area (Å²) in [5.41, 5.74) is -1.40. The van der Waals surface area contributed by atoms with Crippen LogP contribution in [-0.4, -0.2) is 64.7 Å². The van der Waals surface area contributed by atoms with E-state index in [9.17, 15) is 19.5 Å². The number of hydrogen-bond donors (Lipinski definition) is 3. The van der Waals surface area contributed by atoms with Crippen LogP contribution in [-0.2, 0) is 19.1 Å². The third kappa shape index (κ3) is 3.23. The van der Waals surface area contributed by atoms with Crippen molar-refractivity contribution in [3.8, 4) is 0 Å². The number of rotatable bonds is 6. The van der Waals surface area contributed by atoms with Crippen molar-refractivity contribution >= 4 is 35.0 Å². The number of aliphatic hydroxyl groups excluding tert-OH is 1. The lowest BCUT2D eigenvalue weighted by atomic mass is 9.66. The van der Waals surface area contributed by atoms with E-state index in [1.165, 1.54) is 11.9 Å². The van der Waals surface area contributed by atoms with Crippen molar-refractivity contribution in [1.82, 2.24) is 10.2 Å². The van der Waals surface area contributed by atoms with Gasteiger partial charge in [0, 0.05) is 17.8 Å². The van der Waals surface area contributed by atoms with Gasteiger partial charge in [0.1, 0.15) is 11.6 Å². The molecule has 0 aromatic heterocycles. The van der Waals surface area contributed by atoms with Crippen LogP contribution in [0, 0.1) is 17.8 Å². The molecular formula is C23H30ClN3O5. The van der Waals surface area contributed by atoms with E-state index >= 15 is 0 Å². The first-order valence-electron chi connectivity index (χ1n) is 11.0. The highest BCUT2D eigenvalue weighted by molar-refractivity contribution is 6.30. The highest BCUT2D eigenvalue weighted by Gasteiger charge is 2.78. The van der Waals surface area contributed by atoms with Crippen LogP contribution in [0.5, 0.6) is 0 Å². The van der Waals surface area contributed by atoms with E-state index in [1.807, 2.05) is 20.8 Å². The molecule has 1 spiro atoms. The maximum Gasteiger partial charge on any atom is 0.250 e. The Labute approximate surface area is 192 Å². The van der Waals surface area contributed by atoms with E-state index < -0.39 is 41.0 Å². The number of likely N-dealkylation sites (tertiary alicyclic amines) is 1. The van der Waals surface area contributed by atoms with Gasteiger partial charge in [-0.05, 0) is 49.9 Å². The van der Waals surface area contributed by atoms with Gasteiger partial charge in [0.15, 0.2) is 0 Å². The highest BCUT2D eigenvalue weighted by atomic mass is 35.5. The second-order valence-corrected chi connectivity index (χ2v) is 10.0. The third-order valence-electron chi connectivity index (χ3n) is 7.42. The molecule has 4 rings (SSSR count).